The third kappa shape index (κ3) is 9.12. The van der Waals surface area contributed by atoms with Crippen molar-refractivity contribution in [2.45, 2.75) is 33.5 Å². The number of carbonyl (C=O) groups is 3. The molecule has 0 aliphatic heterocycles. The highest BCUT2D eigenvalue weighted by Gasteiger charge is 2.26. The molecule has 3 aromatic carbocycles. The zero-order valence-corrected chi connectivity index (χ0v) is 27.8. The monoisotopic (exact) mass is 687 g/mol. The predicted molar refractivity (Wildman–Crippen MR) is 187 cm³/mol. The number of nitrogen functional groups attached to an aromatic ring is 1. The van der Waals surface area contributed by atoms with E-state index >= 15 is 0 Å². The van der Waals surface area contributed by atoms with E-state index in [-0.39, 0.29) is 28.9 Å². The highest BCUT2D eigenvalue weighted by Crippen LogP contribution is 2.39. The second-order valence-electron chi connectivity index (χ2n) is 11.6. The number of nitrogens with zero attached hydrogens (tertiary/aromatic N) is 2. The molecule has 0 radical (unpaired) electrons. The Morgan fingerprint density at radius 1 is 0.878 bits per heavy atom. The van der Waals surface area contributed by atoms with Gasteiger partial charge in [-0.15, -0.1) is 11.3 Å². The van der Waals surface area contributed by atoms with Gasteiger partial charge in [0.05, 0.1) is 17.5 Å². The van der Waals surface area contributed by atoms with Crippen LogP contribution in [0.2, 0.25) is 0 Å². The summed E-state index contributed by atoms with van der Waals surface area (Å²) in [6, 6.07) is 21.1. The Bertz CT molecular complexity index is 2040. The number of carbonyl (C=O) groups excluding carboxylic acids is 1. The summed E-state index contributed by atoms with van der Waals surface area (Å²) in [5.74, 6) is -4.64. The predicted octanol–water partition coefficient (Wildman–Crippen LogP) is 6.82. The zero-order chi connectivity index (χ0) is 35.8. The molecule has 254 valence electrons. The fourth-order valence-electron chi connectivity index (χ4n) is 5.14. The van der Waals surface area contributed by atoms with Crippen LogP contribution in [0.5, 0.6) is 0 Å². The summed E-state index contributed by atoms with van der Waals surface area (Å²) in [5.41, 5.74) is 8.82. The van der Waals surface area contributed by atoms with Crippen molar-refractivity contribution in [2.24, 2.45) is 5.92 Å². The molecular weight excluding hydrogens is 652 g/mol. The molecule has 0 amide bonds. The van der Waals surface area contributed by atoms with Crippen molar-refractivity contribution in [1.82, 2.24) is 9.47 Å². The molecule has 0 bridgehead atoms. The Morgan fingerprint density at radius 3 is 2.02 bits per heavy atom. The SMILES string of the molecule is CC(C)C(=O)c1cn(Cc2c(F)cccc2F)c2sc(-c3ccc(N)cc3)c(CN(C)Cc3ccccc3)c2c1=O.O=C(O)C=CC(=O)O. The molecule has 49 heavy (non-hydrogen) atoms. The van der Waals surface area contributed by atoms with Gasteiger partial charge in [0, 0.05) is 53.5 Å². The van der Waals surface area contributed by atoms with Crippen LogP contribution in [0, 0.1) is 17.6 Å². The van der Waals surface area contributed by atoms with Gasteiger partial charge < -0.3 is 20.5 Å². The number of halogens is 2. The van der Waals surface area contributed by atoms with Gasteiger partial charge in [0.15, 0.2) is 5.78 Å². The maximum atomic E-state index is 14.8. The average Bonchev–Trinajstić information content (AvgIpc) is 3.43. The minimum Gasteiger partial charge on any atom is -0.478 e. The van der Waals surface area contributed by atoms with Crippen LogP contribution in [0.4, 0.5) is 14.5 Å². The first-order valence-electron chi connectivity index (χ1n) is 15.1. The van der Waals surface area contributed by atoms with E-state index in [0.29, 0.717) is 41.1 Å². The van der Waals surface area contributed by atoms with Crippen molar-refractivity contribution in [3.05, 3.63) is 135 Å². The van der Waals surface area contributed by atoms with Gasteiger partial charge >= 0.3 is 11.9 Å². The fraction of sp³-hybridized carbons (Fsp3) is 0.189. The van der Waals surface area contributed by atoms with Crippen molar-refractivity contribution in [3.8, 4) is 10.4 Å². The number of aromatic nitrogens is 1. The van der Waals surface area contributed by atoms with Crippen molar-refractivity contribution < 1.29 is 33.4 Å². The van der Waals surface area contributed by atoms with Crippen LogP contribution < -0.4 is 11.2 Å². The Labute approximate surface area is 285 Å². The number of fused-ring (bicyclic) bond motifs is 1. The van der Waals surface area contributed by atoms with E-state index in [0.717, 1.165) is 21.6 Å². The molecule has 2 aromatic heterocycles. The molecule has 0 fully saturated rings. The molecule has 2 heterocycles. The second kappa shape index (κ2) is 16.1. The lowest BCUT2D eigenvalue weighted by Gasteiger charge is -2.18. The molecular formula is C37H35F2N3O6S. The Morgan fingerprint density at radius 2 is 1.47 bits per heavy atom. The number of carboxylic acid groups (broad SMARTS) is 2. The molecule has 9 nitrogen and oxygen atoms in total. The normalized spacial score (nSPS) is 11.2. The molecule has 5 rings (SSSR count). The fourth-order valence-corrected chi connectivity index (χ4v) is 6.43. The second-order valence-corrected chi connectivity index (χ2v) is 12.6. The summed E-state index contributed by atoms with van der Waals surface area (Å²) < 4.78 is 31.2. The van der Waals surface area contributed by atoms with Crippen LogP contribution in [-0.4, -0.2) is 44.4 Å². The van der Waals surface area contributed by atoms with E-state index in [1.54, 1.807) is 30.5 Å². The summed E-state index contributed by atoms with van der Waals surface area (Å²) in [4.78, 5) is 49.9. The molecule has 4 N–H and O–H groups in total. The van der Waals surface area contributed by atoms with Crippen LogP contribution in [0.15, 0.2) is 95.9 Å². The third-order valence-electron chi connectivity index (χ3n) is 7.45. The summed E-state index contributed by atoms with van der Waals surface area (Å²) in [6.45, 7) is 4.34. The maximum Gasteiger partial charge on any atom is 0.328 e. The van der Waals surface area contributed by atoms with E-state index in [1.807, 2.05) is 49.5 Å². The highest BCUT2D eigenvalue weighted by atomic mass is 32.1. The number of pyridine rings is 1. The lowest BCUT2D eigenvalue weighted by atomic mass is 9.99. The van der Waals surface area contributed by atoms with Crippen molar-refractivity contribution in [2.75, 3.05) is 12.8 Å². The lowest BCUT2D eigenvalue weighted by molar-refractivity contribution is -0.134. The minimum atomic E-state index is -1.26. The number of thiophene rings is 1. The molecule has 0 unspecified atom stereocenters. The molecule has 0 saturated heterocycles. The number of aliphatic carboxylic acids is 2. The number of ketones is 1. The smallest absolute Gasteiger partial charge is 0.328 e. The lowest BCUT2D eigenvalue weighted by Crippen LogP contribution is -2.24. The van der Waals surface area contributed by atoms with Gasteiger partial charge in [-0.2, -0.15) is 0 Å². The summed E-state index contributed by atoms with van der Waals surface area (Å²) >= 11 is 1.37. The topological polar surface area (TPSA) is 143 Å². The summed E-state index contributed by atoms with van der Waals surface area (Å²) in [5, 5.41) is 16.0. The third-order valence-corrected chi connectivity index (χ3v) is 8.77. The number of benzene rings is 3. The molecule has 12 heteroatoms. The van der Waals surface area contributed by atoms with Gasteiger partial charge in [-0.25, -0.2) is 18.4 Å². The van der Waals surface area contributed by atoms with Gasteiger partial charge in [0.2, 0.25) is 5.43 Å². The van der Waals surface area contributed by atoms with Gasteiger partial charge in [0.25, 0.3) is 0 Å². The van der Waals surface area contributed by atoms with Gasteiger partial charge in [0.1, 0.15) is 16.5 Å². The Hall–Kier alpha value is -5.46. The molecule has 5 aromatic rings. The summed E-state index contributed by atoms with van der Waals surface area (Å²) in [7, 11) is 1.97. The number of anilines is 1. The first-order valence-corrected chi connectivity index (χ1v) is 16.0. The number of hydrogen-bond donors (Lipinski definition) is 3. The average molecular weight is 688 g/mol. The molecule has 0 aliphatic carbocycles. The summed E-state index contributed by atoms with van der Waals surface area (Å²) in [6.07, 6.45) is 2.57. The van der Waals surface area contributed by atoms with E-state index in [9.17, 15) is 28.0 Å². The Balaban J connectivity index is 0.000000603. The first-order chi connectivity index (χ1) is 23.3. The molecule has 0 atom stereocenters. The van der Waals surface area contributed by atoms with Gasteiger partial charge in [-0.3, -0.25) is 14.5 Å². The first kappa shape index (κ1) is 36.4. The minimum absolute atomic E-state index is 0.0119. The van der Waals surface area contributed by atoms with Crippen molar-refractivity contribution >= 4 is 45.0 Å². The van der Waals surface area contributed by atoms with E-state index < -0.39 is 29.5 Å². The highest BCUT2D eigenvalue weighted by molar-refractivity contribution is 7.22. The van der Waals surface area contributed by atoms with Crippen LogP contribution in [0.25, 0.3) is 20.7 Å². The number of Topliss-reactive ketones (excluding diaryl/α,β-unsaturated/α-hetero) is 1. The zero-order valence-electron chi connectivity index (χ0n) is 27.0. The van der Waals surface area contributed by atoms with Gasteiger partial charge in [-0.05, 0) is 48.0 Å². The van der Waals surface area contributed by atoms with Gasteiger partial charge in [-0.1, -0.05) is 62.4 Å². The standard InChI is InChI=1S/C33H31F2N3O2S.C4H4O4/c1-20(2)30(39)26-19-38(18-24-27(34)10-7-11-28(24)35)33-29(31(26)40)25(17-37(3)16-21-8-5-4-6-9-21)32(41-33)22-12-14-23(36)15-13-22;5-3(6)1-2-4(7)8/h4-15,19-20H,16-18,36H2,1-3H3;1-2H,(H,5,6)(H,7,8). The van der Waals surface area contributed by atoms with Crippen LogP contribution >= 0.6 is 11.3 Å². The van der Waals surface area contributed by atoms with Crippen LogP contribution in [0.3, 0.4) is 0 Å². The maximum absolute atomic E-state index is 14.8. The quantitative estimate of drug-likeness (QED) is 0.0780. The van der Waals surface area contributed by atoms with E-state index in [2.05, 4.69) is 4.90 Å². The number of rotatable bonds is 11. The molecule has 0 aliphatic rings. The van der Waals surface area contributed by atoms with Crippen LogP contribution in [-0.2, 0) is 29.2 Å². The van der Waals surface area contributed by atoms with E-state index in [1.165, 1.54) is 35.7 Å². The number of hydrogen-bond acceptors (Lipinski definition) is 7. The number of carboxylic acids is 2. The van der Waals surface area contributed by atoms with Crippen molar-refractivity contribution in [1.29, 1.82) is 0 Å². The van der Waals surface area contributed by atoms with E-state index in [4.69, 9.17) is 15.9 Å². The largest absolute Gasteiger partial charge is 0.478 e. The van der Waals surface area contributed by atoms with Crippen LogP contribution in [0.1, 0.15) is 40.9 Å². The molecule has 0 saturated carbocycles. The Kier molecular flexibility index (Phi) is 11.9. The molecule has 0 spiro atoms. The number of nitrogens with two attached hydrogens (primary N) is 1. The van der Waals surface area contributed by atoms with Crippen molar-refractivity contribution in [3.63, 3.8) is 0 Å².